The first-order valence-electron chi connectivity index (χ1n) is 11.7. The molecule has 1 unspecified atom stereocenters. The highest BCUT2D eigenvalue weighted by Crippen LogP contribution is 2.39. The summed E-state index contributed by atoms with van der Waals surface area (Å²) in [7, 11) is 0. The number of carbonyl (C=O) groups is 2. The largest absolute Gasteiger partial charge is 0.451 e. The molecule has 0 aromatic heterocycles. The Morgan fingerprint density at radius 3 is 2.06 bits per heavy atom. The van der Waals surface area contributed by atoms with E-state index >= 15 is 0 Å². The minimum absolute atomic E-state index is 0.00915. The average Bonchev–Trinajstić information content (AvgIpc) is 2.77. The summed E-state index contributed by atoms with van der Waals surface area (Å²) in [6.45, 7) is 14.0. The van der Waals surface area contributed by atoms with E-state index in [0.717, 1.165) is 18.4 Å². The van der Waals surface area contributed by atoms with Gasteiger partial charge in [-0.1, -0.05) is 55.1 Å². The monoisotopic (exact) mass is 464 g/mol. The number of amides is 1. The Bertz CT molecular complexity index is 984. The van der Waals surface area contributed by atoms with E-state index in [1.54, 1.807) is 19.1 Å². The second-order valence-electron chi connectivity index (χ2n) is 10.2. The van der Waals surface area contributed by atoms with Gasteiger partial charge in [0.05, 0.1) is 5.56 Å². The number of carbonyl (C=O) groups excluding carboxylic acids is 2. The first-order valence-corrected chi connectivity index (χ1v) is 11.7. The van der Waals surface area contributed by atoms with Crippen molar-refractivity contribution in [3.05, 3.63) is 83.9 Å². The van der Waals surface area contributed by atoms with Crippen molar-refractivity contribution in [3.8, 4) is 0 Å². The molecule has 1 fully saturated rings. The second kappa shape index (κ2) is 10.5. The van der Waals surface area contributed by atoms with Crippen LogP contribution in [0.4, 0.5) is 0 Å². The van der Waals surface area contributed by atoms with Gasteiger partial charge < -0.3 is 10.1 Å². The number of nitrogens with zero attached hydrogens (tertiary/aromatic N) is 1. The lowest BCUT2D eigenvalue weighted by atomic mass is 9.79. The summed E-state index contributed by atoms with van der Waals surface area (Å²) in [4.78, 5) is 31.4. The van der Waals surface area contributed by atoms with Crippen molar-refractivity contribution in [3.63, 3.8) is 0 Å². The number of benzene rings is 2. The Morgan fingerprint density at radius 1 is 1.00 bits per heavy atom. The van der Waals surface area contributed by atoms with Crippen LogP contribution in [0.5, 0.6) is 0 Å². The van der Waals surface area contributed by atoms with Crippen LogP contribution in [0.15, 0.2) is 72.8 Å². The molecule has 2 aromatic carbocycles. The molecule has 0 bridgehead atoms. The third-order valence-corrected chi connectivity index (χ3v) is 6.10. The number of esters is 1. The number of nitrogens with one attached hydrogen (secondary N) is 1. The molecule has 182 valence electrons. The molecule has 0 radical (unpaired) electrons. The molecule has 34 heavy (non-hydrogen) atoms. The first kappa shape index (κ1) is 25.7. The Hall–Kier alpha value is -2.96. The van der Waals surface area contributed by atoms with Crippen molar-refractivity contribution in [2.45, 2.75) is 70.7 Å². The number of hydroxylamine groups is 2. The van der Waals surface area contributed by atoms with Gasteiger partial charge in [-0.2, -0.15) is 5.06 Å². The van der Waals surface area contributed by atoms with E-state index in [2.05, 4.69) is 39.6 Å². The van der Waals surface area contributed by atoms with E-state index in [0.29, 0.717) is 11.1 Å². The van der Waals surface area contributed by atoms with Crippen molar-refractivity contribution in [2.24, 2.45) is 0 Å². The molecule has 0 aliphatic carbocycles. The van der Waals surface area contributed by atoms with Crippen molar-refractivity contribution in [1.82, 2.24) is 10.4 Å². The van der Waals surface area contributed by atoms with Gasteiger partial charge in [0.1, 0.15) is 6.61 Å². The zero-order chi connectivity index (χ0) is 24.9. The second-order valence-corrected chi connectivity index (χ2v) is 10.2. The fourth-order valence-electron chi connectivity index (χ4n) is 4.80. The fourth-order valence-corrected chi connectivity index (χ4v) is 4.80. The maximum atomic E-state index is 12.8. The maximum Gasteiger partial charge on any atom is 0.338 e. The van der Waals surface area contributed by atoms with Gasteiger partial charge in [0, 0.05) is 22.7 Å². The number of hydrogen-bond donors (Lipinski definition) is 1. The fraction of sp³-hybridized carbons (Fsp3) is 0.429. The molecule has 0 saturated carbocycles. The standard InChI is InChI=1S/C28H36N2O4/c1-20(2)25(31)29-23-17-27(3,4)30(28(5,6)18-23)33-19-24(21-13-9-7-10-14-21)34-26(32)22-15-11-8-12-16-22/h7-16,23-24H,1,17-19H2,2-6H3,(H,29,31). The van der Waals surface area contributed by atoms with Crippen LogP contribution in [0.1, 0.15) is 69.5 Å². The lowest BCUT2D eigenvalue weighted by molar-refractivity contribution is -0.292. The molecule has 1 aliphatic rings. The lowest BCUT2D eigenvalue weighted by Gasteiger charge is -2.54. The molecule has 0 spiro atoms. The van der Waals surface area contributed by atoms with Crippen LogP contribution in [0.2, 0.25) is 0 Å². The van der Waals surface area contributed by atoms with E-state index in [-0.39, 0.29) is 29.6 Å². The SMILES string of the molecule is C=C(C)C(=O)NC1CC(C)(C)N(OCC(OC(=O)c2ccccc2)c2ccccc2)C(C)(C)C1. The van der Waals surface area contributed by atoms with Gasteiger partial charge in [0.15, 0.2) is 6.10 Å². The van der Waals surface area contributed by atoms with Crippen LogP contribution in [-0.2, 0) is 14.4 Å². The molecule has 1 amide bonds. The normalized spacial score (nSPS) is 18.6. The number of piperidine rings is 1. The first-order chi connectivity index (χ1) is 16.0. The predicted molar refractivity (Wildman–Crippen MR) is 133 cm³/mol. The summed E-state index contributed by atoms with van der Waals surface area (Å²) in [5.74, 6) is -0.513. The summed E-state index contributed by atoms with van der Waals surface area (Å²) in [5, 5.41) is 5.09. The summed E-state index contributed by atoms with van der Waals surface area (Å²) >= 11 is 0. The van der Waals surface area contributed by atoms with Gasteiger partial charge in [-0.15, -0.1) is 0 Å². The molecular formula is C28H36N2O4. The highest BCUT2D eigenvalue weighted by molar-refractivity contribution is 5.92. The number of ether oxygens (including phenoxy) is 1. The lowest BCUT2D eigenvalue weighted by Crippen LogP contribution is -2.64. The van der Waals surface area contributed by atoms with E-state index in [1.165, 1.54) is 0 Å². The summed E-state index contributed by atoms with van der Waals surface area (Å²) in [5.41, 5.74) is 1.14. The van der Waals surface area contributed by atoms with Gasteiger partial charge in [-0.3, -0.25) is 9.63 Å². The molecule has 1 N–H and O–H groups in total. The smallest absolute Gasteiger partial charge is 0.338 e. The van der Waals surface area contributed by atoms with E-state index in [9.17, 15) is 9.59 Å². The summed E-state index contributed by atoms with van der Waals surface area (Å²) in [6.07, 6.45) is 0.867. The van der Waals surface area contributed by atoms with E-state index in [4.69, 9.17) is 9.57 Å². The maximum absolute atomic E-state index is 12.8. The topological polar surface area (TPSA) is 67.9 Å². The van der Waals surface area contributed by atoms with Gasteiger partial charge in [0.25, 0.3) is 0 Å². The van der Waals surface area contributed by atoms with Crippen molar-refractivity contribution in [1.29, 1.82) is 0 Å². The van der Waals surface area contributed by atoms with E-state index in [1.807, 2.05) is 53.6 Å². The zero-order valence-corrected chi connectivity index (χ0v) is 20.8. The Morgan fingerprint density at radius 2 is 1.53 bits per heavy atom. The Labute approximate surface area is 202 Å². The van der Waals surface area contributed by atoms with Crippen molar-refractivity contribution in [2.75, 3.05) is 6.61 Å². The molecule has 1 saturated heterocycles. The van der Waals surface area contributed by atoms with Crippen LogP contribution in [0, 0.1) is 0 Å². The van der Waals surface area contributed by atoms with E-state index < -0.39 is 12.1 Å². The van der Waals surface area contributed by atoms with Crippen LogP contribution >= 0.6 is 0 Å². The van der Waals surface area contributed by atoms with Gasteiger partial charge in [-0.05, 0) is 65.2 Å². The zero-order valence-electron chi connectivity index (χ0n) is 20.8. The quantitative estimate of drug-likeness (QED) is 0.428. The third kappa shape index (κ3) is 6.33. The van der Waals surface area contributed by atoms with Gasteiger partial charge in [0.2, 0.25) is 5.91 Å². The molecule has 1 heterocycles. The summed E-state index contributed by atoms with van der Waals surface area (Å²) in [6, 6.07) is 18.6. The third-order valence-electron chi connectivity index (χ3n) is 6.10. The van der Waals surface area contributed by atoms with Crippen LogP contribution in [0.3, 0.4) is 0 Å². The predicted octanol–water partition coefficient (Wildman–Crippen LogP) is 5.23. The Kier molecular flexibility index (Phi) is 7.95. The molecule has 6 nitrogen and oxygen atoms in total. The van der Waals surface area contributed by atoms with Crippen LogP contribution in [0.25, 0.3) is 0 Å². The molecule has 3 rings (SSSR count). The van der Waals surface area contributed by atoms with Crippen molar-refractivity contribution >= 4 is 11.9 Å². The highest BCUT2D eigenvalue weighted by atomic mass is 16.7. The number of rotatable bonds is 8. The van der Waals surface area contributed by atoms with Crippen molar-refractivity contribution < 1.29 is 19.2 Å². The van der Waals surface area contributed by atoms with Crippen LogP contribution in [-0.4, -0.2) is 40.7 Å². The molecule has 1 aliphatic heterocycles. The average molecular weight is 465 g/mol. The highest BCUT2D eigenvalue weighted by Gasteiger charge is 2.47. The molecule has 1 atom stereocenters. The minimum Gasteiger partial charge on any atom is -0.451 e. The molecule has 2 aromatic rings. The Balaban J connectivity index is 1.75. The molecule has 6 heteroatoms. The van der Waals surface area contributed by atoms with Crippen LogP contribution < -0.4 is 5.32 Å². The van der Waals surface area contributed by atoms with Gasteiger partial charge in [-0.25, -0.2) is 4.79 Å². The molecular weight excluding hydrogens is 428 g/mol. The van der Waals surface area contributed by atoms with Gasteiger partial charge >= 0.3 is 5.97 Å². The summed E-state index contributed by atoms with van der Waals surface area (Å²) < 4.78 is 5.89. The minimum atomic E-state index is -0.568. The number of hydrogen-bond acceptors (Lipinski definition) is 5.